The summed E-state index contributed by atoms with van der Waals surface area (Å²) in [7, 11) is 0. The lowest BCUT2D eigenvalue weighted by molar-refractivity contribution is -0.120. The number of hydrogen-bond donors (Lipinski definition) is 2. The van der Waals surface area contributed by atoms with E-state index in [1.807, 2.05) is 20.8 Å². The molecule has 0 aromatic heterocycles. The minimum absolute atomic E-state index is 0.0617. The second-order valence-electron chi connectivity index (χ2n) is 14.0. The van der Waals surface area contributed by atoms with Crippen molar-refractivity contribution in [2.75, 3.05) is 13.2 Å². The van der Waals surface area contributed by atoms with Gasteiger partial charge in [0.1, 0.15) is 0 Å². The summed E-state index contributed by atoms with van der Waals surface area (Å²) in [6.45, 7) is 20.6. The minimum Gasteiger partial charge on any atom is -0.390 e. The average molecular weight is 554 g/mol. The van der Waals surface area contributed by atoms with E-state index in [1.165, 1.54) is 49.7 Å². The Labute approximate surface area is 245 Å². The van der Waals surface area contributed by atoms with E-state index in [4.69, 9.17) is 4.74 Å². The fourth-order valence-electron chi connectivity index (χ4n) is 7.76. The maximum absolute atomic E-state index is 11.9. The number of ether oxygens (including phenoxy) is 1. The first kappa shape index (κ1) is 32.9. The van der Waals surface area contributed by atoms with Gasteiger partial charge in [-0.25, -0.2) is 0 Å². The van der Waals surface area contributed by atoms with Crippen molar-refractivity contribution in [2.45, 2.75) is 136 Å². The normalized spacial score (nSPS) is 29.9. The summed E-state index contributed by atoms with van der Waals surface area (Å²) >= 11 is 0. The molecule has 3 aliphatic carbocycles. The van der Waals surface area contributed by atoms with Crippen LogP contribution >= 0.6 is 0 Å². The van der Waals surface area contributed by atoms with Crippen LogP contribution in [0.1, 0.15) is 125 Å². The molecule has 2 N–H and O–H groups in total. The van der Waals surface area contributed by atoms with Crippen LogP contribution in [0.3, 0.4) is 0 Å². The monoisotopic (exact) mass is 553 g/mol. The van der Waals surface area contributed by atoms with Gasteiger partial charge < -0.3 is 15.2 Å². The molecule has 3 rings (SSSR count). The Morgan fingerprint density at radius 3 is 2.73 bits per heavy atom. The van der Waals surface area contributed by atoms with E-state index < -0.39 is 5.60 Å². The van der Waals surface area contributed by atoms with Crippen LogP contribution in [0, 0.1) is 23.2 Å². The van der Waals surface area contributed by atoms with Crippen LogP contribution in [0.4, 0.5) is 0 Å². The van der Waals surface area contributed by atoms with E-state index in [2.05, 4.69) is 44.5 Å². The summed E-state index contributed by atoms with van der Waals surface area (Å²) in [5.74, 6) is 2.27. The second-order valence-corrected chi connectivity index (χ2v) is 14.0. The Balaban J connectivity index is 1.51. The molecule has 0 saturated heterocycles. The fraction of sp³-hybridized carbons (Fsp3) is 0.750. The number of aliphatic hydroxyl groups is 1. The van der Waals surface area contributed by atoms with Crippen LogP contribution in [-0.4, -0.2) is 35.9 Å². The first-order chi connectivity index (χ1) is 18.9. The Morgan fingerprint density at radius 2 is 2.00 bits per heavy atom. The quantitative estimate of drug-likeness (QED) is 0.167. The molecule has 40 heavy (non-hydrogen) atoms. The van der Waals surface area contributed by atoms with E-state index in [1.54, 1.807) is 5.57 Å². The van der Waals surface area contributed by atoms with Gasteiger partial charge in [0.15, 0.2) is 0 Å². The third kappa shape index (κ3) is 9.44. The molecule has 0 radical (unpaired) electrons. The molecule has 5 atom stereocenters. The average Bonchev–Trinajstić information content (AvgIpc) is 3.25. The Kier molecular flexibility index (Phi) is 12.3. The summed E-state index contributed by atoms with van der Waals surface area (Å²) in [5, 5.41) is 13.1. The molecule has 226 valence electrons. The SMILES string of the molecule is C=C(CC)CC(=O)NCCCO[C@H]1CCC(=C)/C(=C\C=C2/CCC[C@]3(C)[C@@H]([C@H](C)CCCC(C)(C)O)CC[C@@H]23)C1. The maximum Gasteiger partial charge on any atom is 0.224 e. The highest BCUT2D eigenvalue weighted by Gasteiger charge is 2.50. The van der Waals surface area contributed by atoms with Gasteiger partial charge in [-0.3, -0.25) is 4.79 Å². The standard InChI is InChI=1S/C36H59NO3/c1-8-26(2)24-34(38)37-22-11-23-40-31-17-14-27(3)30(25-31)16-15-29-13-10-21-36(7)32(18-19-33(29)36)28(4)12-9-20-35(5,6)39/h15-16,28,31-33,39H,2-3,8-14,17-25H2,1,4-7H3,(H,37,38)/b29-15+,30-16-/t28-,31+,32-,33+,36-/m1/s1. The maximum atomic E-state index is 11.9. The zero-order chi connectivity index (χ0) is 29.3. The van der Waals surface area contributed by atoms with Gasteiger partial charge in [-0.2, -0.15) is 0 Å². The topological polar surface area (TPSA) is 58.6 Å². The van der Waals surface area contributed by atoms with E-state index in [-0.39, 0.29) is 12.0 Å². The molecule has 0 spiro atoms. The van der Waals surface area contributed by atoms with Crippen molar-refractivity contribution in [1.82, 2.24) is 5.32 Å². The molecule has 0 unspecified atom stereocenters. The lowest BCUT2D eigenvalue weighted by Crippen LogP contribution is -2.36. The number of carbonyl (C=O) groups is 1. The van der Waals surface area contributed by atoms with Crippen molar-refractivity contribution in [3.8, 4) is 0 Å². The summed E-state index contributed by atoms with van der Waals surface area (Å²) in [4.78, 5) is 11.9. The lowest BCUT2D eigenvalue weighted by Gasteiger charge is -2.44. The van der Waals surface area contributed by atoms with Crippen molar-refractivity contribution < 1.29 is 14.6 Å². The van der Waals surface area contributed by atoms with E-state index in [0.29, 0.717) is 30.9 Å². The fourth-order valence-corrected chi connectivity index (χ4v) is 7.76. The van der Waals surface area contributed by atoms with Crippen LogP contribution in [0.2, 0.25) is 0 Å². The Hall–Kier alpha value is -1.65. The summed E-state index contributed by atoms with van der Waals surface area (Å²) in [5.41, 5.74) is 5.12. The number of amides is 1. The Morgan fingerprint density at radius 1 is 1.23 bits per heavy atom. The van der Waals surface area contributed by atoms with Crippen molar-refractivity contribution in [3.05, 3.63) is 47.6 Å². The molecule has 4 heteroatoms. The number of rotatable bonds is 14. The van der Waals surface area contributed by atoms with Crippen molar-refractivity contribution in [3.63, 3.8) is 0 Å². The number of fused-ring (bicyclic) bond motifs is 1. The van der Waals surface area contributed by atoms with Gasteiger partial charge >= 0.3 is 0 Å². The van der Waals surface area contributed by atoms with Crippen LogP contribution in [-0.2, 0) is 9.53 Å². The molecule has 0 bridgehead atoms. The van der Waals surface area contributed by atoms with Gasteiger partial charge in [-0.1, -0.05) is 75.6 Å². The summed E-state index contributed by atoms with van der Waals surface area (Å²) < 4.78 is 6.23. The highest BCUT2D eigenvalue weighted by Crippen LogP contribution is 2.60. The number of allylic oxidation sites excluding steroid dienone is 4. The molecule has 0 aromatic rings. The van der Waals surface area contributed by atoms with Crippen LogP contribution in [0.15, 0.2) is 47.6 Å². The zero-order valence-electron chi connectivity index (χ0n) is 26.5. The first-order valence-corrected chi connectivity index (χ1v) is 16.3. The van der Waals surface area contributed by atoms with E-state index in [9.17, 15) is 9.90 Å². The molecule has 3 aliphatic rings. The third-order valence-electron chi connectivity index (χ3n) is 10.2. The largest absolute Gasteiger partial charge is 0.390 e. The van der Waals surface area contributed by atoms with E-state index in [0.717, 1.165) is 62.4 Å². The van der Waals surface area contributed by atoms with Crippen LogP contribution < -0.4 is 5.32 Å². The number of hydrogen-bond acceptors (Lipinski definition) is 3. The van der Waals surface area contributed by atoms with Gasteiger partial charge in [0.05, 0.1) is 11.7 Å². The predicted molar refractivity (Wildman–Crippen MR) is 168 cm³/mol. The molecular weight excluding hydrogens is 494 g/mol. The highest BCUT2D eigenvalue weighted by molar-refractivity contribution is 5.78. The van der Waals surface area contributed by atoms with Crippen molar-refractivity contribution in [1.29, 1.82) is 0 Å². The van der Waals surface area contributed by atoms with Crippen LogP contribution in [0.25, 0.3) is 0 Å². The van der Waals surface area contributed by atoms with Gasteiger partial charge in [0.2, 0.25) is 5.91 Å². The molecule has 1 amide bonds. The lowest BCUT2D eigenvalue weighted by atomic mass is 9.60. The molecule has 3 saturated carbocycles. The van der Waals surface area contributed by atoms with Gasteiger partial charge in [0.25, 0.3) is 0 Å². The minimum atomic E-state index is -0.550. The van der Waals surface area contributed by atoms with Crippen LogP contribution in [0.5, 0.6) is 0 Å². The van der Waals surface area contributed by atoms with Gasteiger partial charge in [-0.05, 0) is 113 Å². The second kappa shape index (κ2) is 15.0. The highest BCUT2D eigenvalue weighted by atomic mass is 16.5. The van der Waals surface area contributed by atoms with Gasteiger partial charge in [0, 0.05) is 19.6 Å². The first-order valence-electron chi connectivity index (χ1n) is 16.3. The Bertz CT molecular complexity index is 938. The predicted octanol–water partition coefficient (Wildman–Crippen LogP) is 8.62. The molecule has 4 nitrogen and oxygen atoms in total. The van der Waals surface area contributed by atoms with Crippen molar-refractivity contribution >= 4 is 5.91 Å². The summed E-state index contributed by atoms with van der Waals surface area (Å²) in [6.07, 6.45) is 19.9. The number of nitrogens with one attached hydrogen (secondary N) is 1. The van der Waals surface area contributed by atoms with Crippen molar-refractivity contribution in [2.24, 2.45) is 23.2 Å². The number of carbonyl (C=O) groups excluding carboxylic acids is 1. The molecule has 0 aliphatic heterocycles. The molecule has 3 fully saturated rings. The molecule has 0 aromatic carbocycles. The summed E-state index contributed by atoms with van der Waals surface area (Å²) in [6, 6.07) is 0. The van der Waals surface area contributed by atoms with E-state index >= 15 is 0 Å². The third-order valence-corrected chi connectivity index (χ3v) is 10.2. The van der Waals surface area contributed by atoms with Gasteiger partial charge in [-0.15, -0.1) is 0 Å². The molecule has 0 heterocycles. The zero-order valence-corrected chi connectivity index (χ0v) is 26.5. The molecular formula is C36H59NO3. The smallest absolute Gasteiger partial charge is 0.224 e.